The number of hydrazone groups is 1. The fraction of sp³-hybridized carbons (Fsp3) is 0.0714. The number of nitrogens with one attached hydrogen (secondary N) is 2. The zero-order valence-corrected chi connectivity index (χ0v) is 11.8. The van der Waals surface area contributed by atoms with E-state index in [0.29, 0.717) is 16.5 Å². The predicted molar refractivity (Wildman–Crippen MR) is 79.3 cm³/mol. The van der Waals surface area contributed by atoms with Gasteiger partial charge in [-0.25, -0.2) is 5.43 Å². The van der Waals surface area contributed by atoms with E-state index in [9.17, 15) is 9.59 Å². The highest BCUT2D eigenvalue weighted by Gasteiger charge is 2.14. The van der Waals surface area contributed by atoms with Crippen LogP contribution in [0, 0.1) is 6.92 Å². The van der Waals surface area contributed by atoms with Crippen molar-refractivity contribution in [3.8, 4) is 0 Å². The second kappa shape index (κ2) is 6.71. The Morgan fingerprint density at radius 3 is 2.81 bits per heavy atom. The summed E-state index contributed by atoms with van der Waals surface area (Å²) in [5.41, 5.74) is 3.36. The monoisotopic (exact) mass is 305 g/mol. The van der Waals surface area contributed by atoms with Crippen LogP contribution in [0.3, 0.4) is 0 Å². The van der Waals surface area contributed by atoms with Crippen LogP contribution in [0.2, 0.25) is 5.02 Å². The average Bonchev–Trinajstić information content (AvgIpc) is 2.96. The van der Waals surface area contributed by atoms with Crippen molar-refractivity contribution in [2.24, 2.45) is 5.10 Å². The number of hydrogen-bond acceptors (Lipinski definition) is 4. The fourth-order valence-corrected chi connectivity index (χ4v) is 1.65. The molecule has 2 amide bonds. The van der Waals surface area contributed by atoms with E-state index in [2.05, 4.69) is 15.8 Å². The number of benzene rings is 1. The molecule has 1 heterocycles. The summed E-state index contributed by atoms with van der Waals surface area (Å²) < 4.78 is 4.98. The van der Waals surface area contributed by atoms with Gasteiger partial charge in [0.25, 0.3) is 0 Å². The minimum Gasteiger partial charge on any atom is -0.463 e. The Balaban J connectivity index is 1.93. The smallest absolute Gasteiger partial charge is 0.329 e. The maximum Gasteiger partial charge on any atom is 0.329 e. The van der Waals surface area contributed by atoms with Gasteiger partial charge in [-0.3, -0.25) is 9.59 Å². The number of carbonyl (C=O) groups is 2. The average molecular weight is 306 g/mol. The van der Waals surface area contributed by atoms with Crippen molar-refractivity contribution in [3.63, 3.8) is 0 Å². The van der Waals surface area contributed by atoms with Crippen LogP contribution in [0.5, 0.6) is 0 Å². The summed E-state index contributed by atoms with van der Waals surface area (Å²) in [6, 6.07) is 8.34. The van der Waals surface area contributed by atoms with Crippen LogP contribution < -0.4 is 10.7 Å². The van der Waals surface area contributed by atoms with Crippen LogP contribution in [0.4, 0.5) is 5.69 Å². The molecule has 0 saturated heterocycles. The van der Waals surface area contributed by atoms with Crippen LogP contribution in [-0.4, -0.2) is 18.0 Å². The Kier molecular flexibility index (Phi) is 4.73. The first-order valence-corrected chi connectivity index (χ1v) is 6.38. The molecule has 1 aromatic heterocycles. The number of anilines is 1. The molecule has 0 spiro atoms. The van der Waals surface area contributed by atoms with E-state index in [1.807, 2.05) is 0 Å². The Labute approximate surface area is 125 Å². The number of amides is 2. The normalized spacial score (nSPS) is 10.6. The molecule has 108 valence electrons. The van der Waals surface area contributed by atoms with Crippen LogP contribution in [0.15, 0.2) is 46.1 Å². The third kappa shape index (κ3) is 4.19. The van der Waals surface area contributed by atoms with Crippen LogP contribution in [-0.2, 0) is 9.59 Å². The number of furan rings is 1. The predicted octanol–water partition coefficient (Wildman–Crippen LogP) is 2.33. The SMILES string of the molecule is Cc1ccc(Cl)cc1NC(=O)C(=O)N/N=C\c1ccco1. The van der Waals surface area contributed by atoms with E-state index in [1.54, 1.807) is 37.3 Å². The molecule has 7 heteroatoms. The minimum absolute atomic E-state index is 0.460. The van der Waals surface area contributed by atoms with Crippen LogP contribution in [0.1, 0.15) is 11.3 Å². The summed E-state index contributed by atoms with van der Waals surface area (Å²) in [6.45, 7) is 1.79. The van der Waals surface area contributed by atoms with E-state index >= 15 is 0 Å². The van der Waals surface area contributed by atoms with Crippen molar-refractivity contribution < 1.29 is 14.0 Å². The number of halogens is 1. The highest BCUT2D eigenvalue weighted by atomic mass is 35.5. The lowest BCUT2D eigenvalue weighted by molar-refractivity contribution is -0.136. The number of rotatable bonds is 3. The van der Waals surface area contributed by atoms with Gasteiger partial charge in [0.2, 0.25) is 0 Å². The standard InChI is InChI=1S/C14H12ClN3O3/c1-9-4-5-10(15)7-12(9)17-13(19)14(20)18-16-8-11-3-2-6-21-11/h2-8H,1H3,(H,17,19)(H,18,20)/b16-8-. The molecular weight excluding hydrogens is 294 g/mol. The van der Waals surface area contributed by atoms with Gasteiger partial charge < -0.3 is 9.73 Å². The van der Waals surface area contributed by atoms with Gasteiger partial charge >= 0.3 is 11.8 Å². The molecule has 0 aliphatic carbocycles. The second-order valence-corrected chi connectivity index (χ2v) is 4.56. The maximum absolute atomic E-state index is 11.7. The summed E-state index contributed by atoms with van der Waals surface area (Å²) in [6.07, 6.45) is 2.76. The summed E-state index contributed by atoms with van der Waals surface area (Å²) in [5, 5.41) is 6.54. The van der Waals surface area contributed by atoms with E-state index in [0.717, 1.165) is 5.56 Å². The van der Waals surface area contributed by atoms with Crippen molar-refractivity contribution in [1.82, 2.24) is 5.43 Å². The van der Waals surface area contributed by atoms with E-state index in [4.69, 9.17) is 16.0 Å². The first-order valence-electron chi connectivity index (χ1n) is 6.00. The summed E-state index contributed by atoms with van der Waals surface area (Å²) in [7, 11) is 0. The van der Waals surface area contributed by atoms with Crippen LogP contribution in [0.25, 0.3) is 0 Å². The largest absolute Gasteiger partial charge is 0.463 e. The van der Waals surface area contributed by atoms with Crippen molar-refractivity contribution >= 4 is 35.3 Å². The molecule has 0 aliphatic rings. The lowest BCUT2D eigenvalue weighted by atomic mass is 10.2. The van der Waals surface area contributed by atoms with E-state index in [1.165, 1.54) is 12.5 Å². The third-order valence-electron chi connectivity index (χ3n) is 2.56. The fourth-order valence-electron chi connectivity index (χ4n) is 1.48. The Hall–Kier alpha value is -2.60. The number of hydrogen-bond donors (Lipinski definition) is 2. The van der Waals surface area contributed by atoms with Gasteiger partial charge in [0.15, 0.2) is 0 Å². The van der Waals surface area contributed by atoms with Gasteiger partial charge in [-0.1, -0.05) is 17.7 Å². The van der Waals surface area contributed by atoms with Gasteiger partial charge in [-0.2, -0.15) is 5.10 Å². The van der Waals surface area contributed by atoms with Crippen molar-refractivity contribution in [3.05, 3.63) is 52.9 Å². The van der Waals surface area contributed by atoms with Crippen molar-refractivity contribution in [2.75, 3.05) is 5.32 Å². The van der Waals surface area contributed by atoms with Gasteiger partial charge in [-0.05, 0) is 36.8 Å². The molecule has 0 saturated carbocycles. The zero-order valence-electron chi connectivity index (χ0n) is 11.1. The molecule has 0 aliphatic heterocycles. The molecule has 0 radical (unpaired) electrons. The number of aryl methyl sites for hydroxylation is 1. The highest BCUT2D eigenvalue weighted by molar-refractivity contribution is 6.40. The molecule has 6 nitrogen and oxygen atoms in total. The lowest BCUT2D eigenvalue weighted by Crippen LogP contribution is -2.32. The lowest BCUT2D eigenvalue weighted by Gasteiger charge is -2.07. The molecule has 2 aromatic rings. The van der Waals surface area contributed by atoms with E-state index in [-0.39, 0.29) is 0 Å². The molecule has 21 heavy (non-hydrogen) atoms. The Morgan fingerprint density at radius 2 is 2.10 bits per heavy atom. The molecule has 0 bridgehead atoms. The molecule has 0 unspecified atom stereocenters. The molecule has 2 rings (SSSR count). The summed E-state index contributed by atoms with van der Waals surface area (Å²) in [4.78, 5) is 23.3. The molecule has 2 N–H and O–H groups in total. The summed E-state index contributed by atoms with van der Waals surface area (Å²) in [5.74, 6) is -1.27. The van der Waals surface area contributed by atoms with E-state index < -0.39 is 11.8 Å². The second-order valence-electron chi connectivity index (χ2n) is 4.13. The Morgan fingerprint density at radius 1 is 1.29 bits per heavy atom. The summed E-state index contributed by atoms with van der Waals surface area (Å²) >= 11 is 5.83. The molecular formula is C14H12ClN3O3. The van der Waals surface area contributed by atoms with Crippen LogP contribution >= 0.6 is 11.6 Å². The third-order valence-corrected chi connectivity index (χ3v) is 2.79. The zero-order chi connectivity index (χ0) is 15.2. The first-order chi connectivity index (χ1) is 10.1. The van der Waals surface area contributed by atoms with Crippen molar-refractivity contribution in [1.29, 1.82) is 0 Å². The molecule has 0 atom stereocenters. The highest BCUT2D eigenvalue weighted by Crippen LogP contribution is 2.19. The first kappa shape index (κ1) is 14.8. The van der Waals surface area contributed by atoms with Gasteiger partial charge in [0.1, 0.15) is 5.76 Å². The minimum atomic E-state index is -0.891. The maximum atomic E-state index is 11.7. The quantitative estimate of drug-likeness (QED) is 0.518. The van der Waals surface area contributed by atoms with Crippen molar-refractivity contribution in [2.45, 2.75) is 6.92 Å². The topological polar surface area (TPSA) is 83.7 Å². The van der Waals surface area contributed by atoms with Gasteiger partial charge in [-0.15, -0.1) is 0 Å². The number of nitrogens with zero attached hydrogens (tertiary/aromatic N) is 1. The molecule has 1 aromatic carbocycles. The number of carbonyl (C=O) groups excluding carboxylic acids is 2. The molecule has 0 fully saturated rings. The Bertz CT molecular complexity index is 681. The van der Waals surface area contributed by atoms with Gasteiger partial charge in [0, 0.05) is 10.7 Å². The van der Waals surface area contributed by atoms with Gasteiger partial charge in [0.05, 0.1) is 12.5 Å².